The summed E-state index contributed by atoms with van der Waals surface area (Å²) in [5.74, 6) is 2.54. The van der Waals surface area contributed by atoms with Gasteiger partial charge in [-0.2, -0.15) is 0 Å². The predicted molar refractivity (Wildman–Crippen MR) is 97.9 cm³/mol. The predicted octanol–water partition coefficient (Wildman–Crippen LogP) is 3.83. The first-order valence-electron chi connectivity index (χ1n) is 7.30. The lowest BCUT2D eigenvalue weighted by Crippen LogP contribution is -2.07. The van der Waals surface area contributed by atoms with Crippen LogP contribution in [-0.4, -0.2) is 28.4 Å². The fourth-order valence-electron chi connectivity index (χ4n) is 2.60. The molecular formula is C18H24ClNO4. The first kappa shape index (κ1) is 19.9. The van der Waals surface area contributed by atoms with Gasteiger partial charge >= 0.3 is 0 Å². The Labute approximate surface area is 149 Å². The van der Waals surface area contributed by atoms with Gasteiger partial charge < -0.3 is 24.7 Å². The first-order chi connectivity index (χ1) is 11.1. The summed E-state index contributed by atoms with van der Waals surface area (Å²) in [6.07, 6.45) is 0. The molecule has 5 nitrogen and oxygen atoms in total. The minimum absolute atomic E-state index is 0. The lowest BCUT2D eigenvalue weighted by atomic mass is 9.94. The second kappa shape index (κ2) is 8.66. The van der Waals surface area contributed by atoms with Crippen LogP contribution < -0.4 is 24.7 Å². The topological polar surface area (TPSA) is 62.9 Å². The highest BCUT2D eigenvalue weighted by Gasteiger charge is 2.20. The maximum absolute atomic E-state index is 6.14. The largest absolute Gasteiger partial charge is 0.497 e. The van der Waals surface area contributed by atoms with Crippen LogP contribution in [0, 0.1) is 0 Å². The van der Waals surface area contributed by atoms with E-state index in [1.807, 2.05) is 37.3 Å². The Morgan fingerprint density at radius 1 is 0.792 bits per heavy atom. The zero-order valence-electron chi connectivity index (χ0n) is 14.6. The van der Waals surface area contributed by atoms with Crippen molar-refractivity contribution in [2.24, 2.45) is 5.73 Å². The van der Waals surface area contributed by atoms with Crippen LogP contribution in [0.2, 0.25) is 0 Å². The van der Waals surface area contributed by atoms with Crippen molar-refractivity contribution in [1.82, 2.24) is 0 Å². The normalized spacial score (nSPS) is 11.2. The van der Waals surface area contributed by atoms with E-state index in [1.54, 1.807) is 28.4 Å². The van der Waals surface area contributed by atoms with Crippen LogP contribution in [0.3, 0.4) is 0 Å². The molecule has 0 saturated carbocycles. The Morgan fingerprint density at radius 3 is 1.92 bits per heavy atom. The Hall–Kier alpha value is -2.11. The Morgan fingerprint density at radius 2 is 1.42 bits per heavy atom. The van der Waals surface area contributed by atoms with Crippen LogP contribution >= 0.6 is 12.4 Å². The number of ether oxygens (including phenoxy) is 4. The molecule has 2 N–H and O–H groups in total. The number of halogens is 1. The molecule has 2 rings (SSSR count). The van der Waals surface area contributed by atoms with Gasteiger partial charge in [-0.05, 0) is 42.3 Å². The van der Waals surface area contributed by atoms with E-state index in [-0.39, 0.29) is 18.4 Å². The molecule has 1 unspecified atom stereocenters. The summed E-state index contributed by atoms with van der Waals surface area (Å²) in [4.78, 5) is 0. The third-order valence-corrected chi connectivity index (χ3v) is 3.74. The minimum Gasteiger partial charge on any atom is -0.497 e. The van der Waals surface area contributed by atoms with Gasteiger partial charge in [0.15, 0.2) is 11.5 Å². The molecule has 0 aliphatic carbocycles. The fraction of sp³-hybridized carbons (Fsp3) is 0.333. The van der Waals surface area contributed by atoms with Gasteiger partial charge in [-0.1, -0.05) is 6.07 Å². The maximum atomic E-state index is 6.14. The van der Waals surface area contributed by atoms with E-state index in [1.165, 1.54) is 0 Å². The molecule has 0 spiro atoms. The minimum atomic E-state index is -0.155. The molecule has 0 heterocycles. The van der Waals surface area contributed by atoms with Crippen LogP contribution in [0.25, 0.3) is 11.1 Å². The number of rotatable bonds is 6. The summed E-state index contributed by atoms with van der Waals surface area (Å²) < 4.78 is 21.7. The SMILES string of the molecule is COc1ccc(-c2ccc(OC)c(OC)c2OC)c(C(C)N)c1.Cl. The first-order valence-corrected chi connectivity index (χ1v) is 7.30. The molecule has 1 atom stereocenters. The molecule has 24 heavy (non-hydrogen) atoms. The van der Waals surface area contributed by atoms with Gasteiger partial charge in [-0.3, -0.25) is 0 Å². The second-order valence-electron chi connectivity index (χ2n) is 5.12. The Balaban J connectivity index is 0.00000288. The molecule has 0 fully saturated rings. The highest BCUT2D eigenvalue weighted by molar-refractivity contribution is 5.85. The third-order valence-electron chi connectivity index (χ3n) is 3.74. The summed E-state index contributed by atoms with van der Waals surface area (Å²) in [6.45, 7) is 1.94. The summed E-state index contributed by atoms with van der Waals surface area (Å²) in [6, 6.07) is 9.45. The lowest BCUT2D eigenvalue weighted by molar-refractivity contribution is 0.325. The van der Waals surface area contributed by atoms with Crippen LogP contribution in [-0.2, 0) is 0 Å². The van der Waals surface area contributed by atoms with E-state index in [0.717, 1.165) is 22.4 Å². The van der Waals surface area contributed by atoms with Gasteiger partial charge in [0.25, 0.3) is 0 Å². The van der Waals surface area contributed by atoms with Gasteiger partial charge in [0.05, 0.1) is 28.4 Å². The number of methoxy groups -OCH3 is 4. The summed E-state index contributed by atoms with van der Waals surface area (Å²) in [7, 11) is 6.43. The van der Waals surface area contributed by atoms with Gasteiger partial charge in [-0.25, -0.2) is 0 Å². The van der Waals surface area contributed by atoms with Crippen molar-refractivity contribution >= 4 is 12.4 Å². The van der Waals surface area contributed by atoms with Crippen molar-refractivity contribution in [3.8, 4) is 34.1 Å². The molecule has 0 amide bonds. The summed E-state index contributed by atoms with van der Waals surface area (Å²) >= 11 is 0. The van der Waals surface area contributed by atoms with Crippen molar-refractivity contribution in [2.45, 2.75) is 13.0 Å². The molecule has 0 saturated heterocycles. The zero-order chi connectivity index (χ0) is 17.0. The summed E-state index contributed by atoms with van der Waals surface area (Å²) in [5, 5.41) is 0. The maximum Gasteiger partial charge on any atom is 0.203 e. The standard InChI is InChI=1S/C18H23NO4.ClH/c1-11(19)15-10-12(20-2)6-7-13(15)14-8-9-16(21-3)18(23-5)17(14)22-4;/h6-11H,19H2,1-5H3;1H. The van der Waals surface area contributed by atoms with Crippen LogP contribution in [0.4, 0.5) is 0 Å². The van der Waals surface area contributed by atoms with Crippen molar-refractivity contribution in [3.63, 3.8) is 0 Å². The molecule has 132 valence electrons. The average Bonchev–Trinajstić information content (AvgIpc) is 2.59. The van der Waals surface area contributed by atoms with E-state index < -0.39 is 0 Å². The highest BCUT2D eigenvalue weighted by atomic mass is 35.5. The van der Waals surface area contributed by atoms with Crippen molar-refractivity contribution in [1.29, 1.82) is 0 Å². The number of hydrogen-bond donors (Lipinski definition) is 1. The quantitative estimate of drug-likeness (QED) is 0.855. The van der Waals surface area contributed by atoms with Gasteiger partial charge in [0.2, 0.25) is 5.75 Å². The number of nitrogens with two attached hydrogens (primary N) is 1. The Bertz CT molecular complexity index is 689. The van der Waals surface area contributed by atoms with E-state index in [0.29, 0.717) is 17.2 Å². The third kappa shape index (κ3) is 3.68. The monoisotopic (exact) mass is 353 g/mol. The zero-order valence-corrected chi connectivity index (χ0v) is 15.4. The van der Waals surface area contributed by atoms with E-state index >= 15 is 0 Å². The lowest BCUT2D eigenvalue weighted by Gasteiger charge is -2.19. The second-order valence-corrected chi connectivity index (χ2v) is 5.12. The highest BCUT2D eigenvalue weighted by Crippen LogP contribution is 2.46. The molecular weight excluding hydrogens is 330 g/mol. The average molecular weight is 354 g/mol. The smallest absolute Gasteiger partial charge is 0.203 e. The molecule has 0 aliphatic heterocycles. The van der Waals surface area contributed by atoms with Crippen LogP contribution in [0.1, 0.15) is 18.5 Å². The van der Waals surface area contributed by atoms with Crippen LogP contribution in [0.15, 0.2) is 30.3 Å². The van der Waals surface area contributed by atoms with Crippen molar-refractivity contribution < 1.29 is 18.9 Å². The molecule has 2 aromatic carbocycles. The fourth-order valence-corrected chi connectivity index (χ4v) is 2.60. The van der Waals surface area contributed by atoms with Gasteiger partial charge in [0, 0.05) is 11.6 Å². The molecule has 6 heteroatoms. The summed E-state index contributed by atoms with van der Waals surface area (Å²) in [5.41, 5.74) is 8.97. The number of benzene rings is 2. The molecule has 0 aliphatic rings. The molecule has 2 aromatic rings. The van der Waals surface area contributed by atoms with Crippen LogP contribution in [0.5, 0.6) is 23.0 Å². The molecule has 0 bridgehead atoms. The molecule has 0 aromatic heterocycles. The van der Waals surface area contributed by atoms with E-state index in [2.05, 4.69) is 0 Å². The van der Waals surface area contributed by atoms with E-state index in [9.17, 15) is 0 Å². The Kier molecular flexibility index (Phi) is 7.19. The van der Waals surface area contributed by atoms with Gasteiger partial charge in [0.1, 0.15) is 5.75 Å². The van der Waals surface area contributed by atoms with Gasteiger partial charge in [-0.15, -0.1) is 12.4 Å². The van der Waals surface area contributed by atoms with Crippen molar-refractivity contribution in [2.75, 3.05) is 28.4 Å². The number of hydrogen-bond acceptors (Lipinski definition) is 5. The van der Waals surface area contributed by atoms with E-state index in [4.69, 9.17) is 24.7 Å². The molecule has 0 radical (unpaired) electrons. The van der Waals surface area contributed by atoms with Crippen molar-refractivity contribution in [3.05, 3.63) is 35.9 Å².